The van der Waals surface area contributed by atoms with Gasteiger partial charge in [-0.05, 0) is 47.5 Å². The van der Waals surface area contributed by atoms with Gasteiger partial charge in [0.25, 0.3) is 0 Å². The topological polar surface area (TPSA) is 50.1 Å². The van der Waals surface area contributed by atoms with Gasteiger partial charge in [-0.15, -0.1) is 11.3 Å². The molecule has 0 aliphatic heterocycles. The van der Waals surface area contributed by atoms with Crippen LogP contribution in [0.4, 0.5) is 8.78 Å². The molecule has 0 saturated heterocycles. The molecule has 0 fully saturated rings. The van der Waals surface area contributed by atoms with Crippen molar-refractivity contribution < 1.29 is 18.3 Å². The predicted octanol–water partition coefficient (Wildman–Crippen LogP) is 5.05. The van der Waals surface area contributed by atoms with E-state index >= 15 is 0 Å². The molecule has 3 rings (SSSR count). The zero-order valence-corrected chi connectivity index (χ0v) is 13.9. The Morgan fingerprint density at radius 3 is 2.40 bits per heavy atom. The lowest BCUT2D eigenvalue weighted by Gasteiger charge is -2.07. The van der Waals surface area contributed by atoms with E-state index in [4.69, 9.17) is 10.00 Å². The van der Waals surface area contributed by atoms with E-state index in [1.807, 2.05) is 0 Å². The van der Waals surface area contributed by atoms with Crippen molar-refractivity contribution in [3.05, 3.63) is 64.5 Å². The number of carbonyl (C=O) groups is 1. The van der Waals surface area contributed by atoms with Crippen LogP contribution >= 0.6 is 11.3 Å². The number of benzene rings is 2. The van der Waals surface area contributed by atoms with Crippen LogP contribution in [0, 0.1) is 23.0 Å². The summed E-state index contributed by atoms with van der Waals surface area (Å²) in [5.74, 6) is -1.06. The molecule has 0 aliphatic rings. The summed E-state index contributed by atoms with van der Waals surface area (Å²) in [7, 11) is 1.37. The Hall–Kier alpha value is -3.04. The summed E-state index contributed by atoms with van der Waals surface area (Å²) in [5.41, 5.74) is 1.59. The molecule has 0 atom stereocenters. The van der Waals surface area contributed by atoms with Gasteiger partial charge >= 0.3 is 0 Å². The van der Waals surface area contributed by atoms with E-state index < -0.39 is 11.6 Å². The fourth-order valence-electron chi connectivity index (χ4n) is 2.48. The van der Waals surface area contributed by atoms with Crippen molar-refractivity contribution in [3.8, 4) is 33.4 Å². The number of hydrogen-bond acceptors (Lipinski definition) is 4. The number of rotatable bonds is 4. The van der Waals surface area contributed by atoms with Gasteiger partial charge in [-0.2, -0.15) is 5.26 Å². The molecular weight excluding hydrogens is 344 g/mol. The summed E-state index contributed by atoms with van der Waals surface area (Å²) in [6.07, 6.45) is 0.692. The number of nitrogens with zero attached hydrogens (tertiary/aromatic N) is 1. The summed E-state index contributed by atoms with van der Waals surface area (Å²) in [6.45, 7) is 0. The first-order valence-corrected chi connectivity index (χ1v) is 8.02. The minimum atomic E-state index is -0.647. The summed E-state index contributed by atoms with van der Waals surface area (Å²) in [4.78, 5) is 12.2. The molecule has 0 aliphatic carbocycles. The highest BCUT2D eigenvalue weighted by Gasteiger charge is 2.16. The van der Waals surface area contributed by atoms with E-state index in [1.165, 1.54) is 42.7 Å². The first kappa shape index (κ1) is 16.8. The normalized spacial score (nSPS) is 10.3. The molecular formula is C19H11F2NO2S. The Balaban J connectivity index is 2.17. The van der Waals surface area contributed by atoms with Crippen molar-refractivity contribution in [1.29, 1.82) is 5.26 Å². The monoisotopic (exact) mass is 355 g/mol. The number of aldehydes is 1. The van der Waals surface area contributed by atoms with Crippen LogP contribution in [0.15, 0.2) is 42.5 Å². The Morgan fingerprint density at radius 2 is 1.80 bits per heavy atom. The lowest BCUT2D eigenvalue weighted by atomic mass is 10.0. The zero-order chi connectivity index (χ0) is 18.0. The van der Waals surface area contributed by atoms with Crippen LogP contribution in [0.2, 0.25) is 0 Å². The molecule has 0 bridgehead atoms. The molecule has 1 heterocycles. The van der Waals surface area contributed by atoms with Crippen LogP contribution < -0.4 is 4.74 Å². The zero-order valence-electron chi connectivity index (χ0n) is 13.0. The smallest absolute Gasteiger partial charge is 0.165 e. The van der Waals surface area contributed by atoms with Crippen LogP contribution in [-0.2, 0) is 0 Å². The van der Waals surface area contributed by atoms with Crippen molar-refractivity contribution >= 4 is 17.6 Å². The molecule has 3 nitrogen and oxygen atoms in total. The minimum Gasteiger partial charge on any atom is -0.494 e. The van der Waals surface area contributed by atoms with Gasteiger partial charge in [0.2, 0.25) is 0 Å². The second-order valence-electron chi connectivity index (χ2n) is 5.17. The molecule has 0 spiro atoms. The molecule has 0 radical (unpaired) electrons. The van der Waals surface area contributed by atoms with Crippen LogP contribution in [0.1, 0.15) is 15.2 Å². The summed E-state index contributed by atoms with van der Waals surface area (Å²) in [6, 6.07) is 12.1. The molecule has 6 heteroatoms. The van der Waals surface area contributed by atoms with Crippen molar-refractivity contribution in [1.82, 2.24) is 0 Å². The molecule has 0 N–H and O–H groups in total. The number of hydrogen-bond donors (Lipinski definition) is 0. The highest BCUT2D eigenvalue weighted by molar-refractivity contribution is 7.17. The maximum absolute atomic E-state index is 14.0. The van der Waals surface area contributed by atoms with Gasteiger partial charge in [0, 0.05) is 10.4 Å². The van der Waals surface area contributed by atoms with Crippen molar-refractivity contribution in [2.24, 2.45) is 0 Å². The Morgan fingerprint density at radius 1 is 1.08 bits per heavy atom. The van der Waals surface area contributed by atoms with Crippen LogP contribution in [0.5, 0.6) is 5.75 Å². The molecule has 124 valence electrons. The van der Waals surface area contributed by atoms with E-state index in [0.717, 1.165) is 0 Å². The Kier molecular flexibility index (Phi) is 4.59. The summed E-state index contributed by atoms with van der Waals surface area (Å²) in [5, 5.41) is 8.85. The van der Waals surface area contributed by atoms with E-state index in [2.05, 4.69) is 0 Å². The average molecular weight is 355 g/mol. The Labute approximate surface area is 146 Å². The maximum atomic E-state index is 14.0. The molecule has 1 aromatic heterocycles. The summed E-state index contributed by atoms with van der Waals surface area (Å²) >= 11 is 1.18. The van der Waals surface area contributed by atoms with Crippen LogP contribution in [0.25, 0.3) is 21.6 Å². The number of nitriles is 1. The minimum absolute atomic E-state index is 0.0633. The first-order valence-electron chi connectivity index (χ1n) is 7.20. The molecule has 25 heavy (non-hydrogen) atoms. The van der Waals surface area contributed by atoms with Gasteiger partial charge < -0.3 is 4.74 Å². The number of methoxy groups -OCH3 is 1. The van der Waals surface area contributed by atoms with Gasteiger partial charge in [-0.1, -0.05) is 6.07 Å². The lowest BCUT2D eigenvalue weighted by molar-refractivity contribution is 0.112. The third kappa shape index (κ3) is 3.14. The first-order chi connectivity index (χ1) is 12.1. The average Bonchev–Trinajstić information content (AvgIpc) is 3.06. The SMILES string of the molecule is COc1ccc(-c2sc(C=O)cc2-c2ccc(C#N)c(F)c2)cc1F. The molecule has 0 saturated carbocycles. The largest absolute Gasteiger partial charge is 0.494 e. The third-order valence-electron chi connectivity index (χ3n) is 3.68. The molecule has 2 aromatic carbocycles. The molecule has 0 unspecified atom stereocenters. The maximum Gasteiger partial charge on any atom is 0.165 e. The predicted molar refractivity (Wildman–Crippen MR) is 91.8 cm³/mol. The molecule has 3 aromatic rings. The van der Waals surface area contributed by atoms with Gasteiger partial charge in [-0.3, -0.25) is 4.79 Å². The number of ether oxygens (including phenoxy) is 1. The third-order valence-corrected chi connectivity index (χ3v) is 4.79. The number of halogens is 2. The second-order valence-corrected chi connectivity index (χ2v) is 6.25. The quantitative estimate of drug-likeness (QED) is 0.615. The number of thiophene rings is 1. The fraction of sp³-hybridized carbons (Fsp3) is 0.0526. The van der Waals surface area contributed by atoms with E-state index in [-0.39, 0.29) is 11.3 Å². The van der Waals surface area contributed by atoms with Gasteiger partial charge in [-0.25, -0.2) is 8.78 Å². The highest BCUT2D eigenvalue weighted by atomic mass is 32.1. The molecule has 0 amide bonds. The van der Waals surface area contributed by atoms with Gasteiger partial charge in [0.1, 0.15) is 11.9 Å². The standard InChI is InChI=1S/C19H11F2NO2S/c1-24-18-5-4-12(7-17(18)21)19-15(8-14(10-23)25-19)11-2-3-13(9-22)16(20)6-11/h2-8,10H,1H3. The van der Waals surface area contributed by atoms with E-state index in [0.29, 0.717) is 32.7 Å². The Bertz CT molecular complexity index is 1010. The van der Waals surface area contributed by atoms with E-state index in [9.17, 15) is 13.6 Å². The summed E-state index contributed by atoms with van der Waals surface area (Å²) < 4.78 is 32.9. The van der Waals surface area contributed by atoms with Crippen molar-refractivity contribution in [2.45, 2.75) is 0 Å². The van der Waals surface area contributed by atoms with Crippen molar-refractivity contribution in [3.63, 3.8) is 0 Å². The van der Waals surface area contributed by atoms with Gasteiger partial charge in [0.05, 0.1) is 17.6 Å². The highest BCUT2D eigenvalue weighted by Crippen LogP contribution is 2.40. The van der Waals surface area contributed by atoms with Gasteiger partial charge in [0.15, 0.2) is 17.9 Å². The fourth-order valence-corrected chi connectivity index (χ4v) is 3.47. The van der Waals surface area contributed by atoms with Crippen molar-refractivity contribution in [2.75, 3.05) is 7.11 Å². The van der Waals surface area contributed by atoms with Crippen LogP contribution in [0.3, 0.4) is 0 Å². The number of carbonyl (C=O) groups excluding carboxylic acids is 1. The lowest BCUT2D eigenvalue weighted by Crippen LogP contribution is -1.89. The second kappa shape index (κ2) is 6.83. The van der Waals surface area contributed by atoms with Crippen LogP contribution in [-0.4, -0.2) is 13.4 Å². The van der Waals surface area contributed by atoms with E-state index in [1.54, 1.807) is 24.3 Å².